The lowest BCUT2D eigenvalue weighted by atomic mass is 10.0. The van der Waals surface area contributed by atoms with E-state index in [9.17, 15) is 14.4 Å². The molecule has 3 aromatic carbocycles. The van der Waals surface area contributed by atoms with Gasteiger partial charge in [0, 0.05) is 51.9 Å². The summed E-state index contributed by atoms with van der Waals surface area (Å²) in [5.41, 5.74) is 0.00434. The van der Waals surface area contributed by atoms with Gasteiger partial charge in [-0.2, -0.15) is 0 Å². The van der Waals surface area contributed by atoms with Crippen LogP contribution in [0.1, 0.15) is 23.2 Å². The number of rotatable bonds is 9. The Balaban J connectivity index is 1.23. The average Bonchev–Trinajstić information content (AvgIpc) is 3.08. The van der Waals surface area contributed by atoms with E-state index in [0.29, 0.717) is 57.4 Å². The summed E-state index contributed by atoms with van der Waals surface area (Å²) in [7, 11) is 0. The Labute approximate surface area is 264 Å². The Morgan fingerprint density at radius 3 is 2.28 bits per heavy atom. The fraction of sp³-hybridized carbons (Fsp3) is 0.382. The first kappa shape index (κ1) is 30.3. The van der Waals surface area contributed by atoms with Crippen LogP contribution < -0.4 is 20.8 Å². The highest BCUT2D eigenvalue weighted by Gasteiger charge is 2.30. The summed E-state index contributed by atoms with van der Waals surface area (Å²) in [4.78, 5) is 44.6. The number of hydrogen-bond acceptors (Lipinski definition) is 8. The minimum Gasteiger partial charge on any atom is -0.451 e. The van der Waals surface area contributed by atoms with E-state index < -0.39 is 17.2 Å². The molecule has 0 unspecified atom stereocenters. The third kappa shape index (κ3) is 6.08. The van der Waals surface area contributed by atoms with Gasteiger partial charge < -0.3 is 29.4 Å². The van der Waals surface area contributed by atoms with E-state index in [1.54, 1.807) is 4.57 Å². The van der Waals surface area contributed by atoms with E-state index in [-0.39, 0.29) is 40.2 Å². The number of pyridine rings is 1. The standard InChI is InChI=1S/C34H36FN5O6/c35-26-20-24-31-33(30(26)37-29(41)6-9-39-12-16-45-17-13-39)46-28-19-23-5-2-1-4-22(23)18-27(28)40(31)21-25(32(24)42)34(43)36-7-3-8-38-10-14-44-15-11-38/h1-2,4-5,18-21H,3,6-17H2,(H,36,43)(H,37,41). The number of hydrogen-bond donors (Lipinski definition) is 2. The summed E-state index contributed by atoms with van der Waals surface area (Å²) in [5, 5.41) is 7.38. The Kier molecular flexibility index (Phi) is 8.67. The number of fused-ring (bicyclic) bond motifs is 3. The van der Waals surface area contributed by atoms with Crippen molar-refractivity contribution in [2.24, 2.45) is 0 Å². The number of nitrogens with zero attached hydrogens (tertiary/aromatic N) is 3. The normalized spacial score (nSPS) is 16.6. The van der Waals surface area contributed by atoms with Crippen molar-refractivity contribution < 1.29 is 28.2 Å². The van der Waals surface area contributed by atoms with Crippen LogP contribution in [0.5, 0.6) is 11.5 Å². The van der Waals surface area contributed by atoms with Gasteiger partial charge in [-0.15, -0.1) is 0 Å². The number of morpholine rings is 2. The number of anilines is 1. The molecule has 0 bridgehead atoms. The second-order valence-electron chi connectivity index (χ2n) is 11.8. The molecule has 4 heterocycles. The molecular formula is C34H36FN5O6. The van der Waals surface area contributed by atoms with Crippen LogP contribution in [0.25, 0.3) is 27.4 Å². The molecule has 0 saturated carbocycles. The highest BCUT2D eigenvalue weighted by atomic mass is 19.1. The number of halogens is 1. The van der Waals surface area contributed by atoms with Crippen LogP contribution in [0, 0.1) is 5.82 Å². The van der Waals surface area contributed by atoms with Gasteiger partial charge in [0.1, 0.15) is 16.8 Å². The first-order chi connectivity index (χ1) is 22.5. The molecule has 3 aliphatic heterocycles. The molecule has 12 heteroatoms. The first-order valence-electron chi connectivity index (χ1n) is 15.8. The molecule has 0 spiro atoms. The molecule has 0 radical (unpaired) electrons. The average molecular weight is 630 g/mol. The summed E-state index contributed by atoms with van der Waals surface area (Å²) >= 11 is 0. The second-order valence-corrected chi connectivity index (χ2v) is 11.8. The fourth-order valence-electron chi connectivity index (χ4n) is 6.29. The molecule has 0 aliphatic carbocycles. The maximum Gasteiger partial charge on any atom is 0.256 e. The first-order valence-corrected chi connectivity index (χ1v) is 15.8. The number of ether oxygens (including phenoxy) is 3. The summed E-state index contributed by atoms with van der Waals surface area (Å²) in [6.45, 7) is 7.46. The van der Waals surface area contributed by atoms with Crippen LogP contribution in [0.2, 0.25) is 0 Å². The SMILES string of the molecule is O=C(CCN1CCOCC1)Nc1c(F)cc2c(=O)c(C(=O)NCCCN3CCOCC3)cn3c2c1Oc1cc2ccccc2cc1-3. The van der Waals surface area contributed by atoms with E-state index in [1.165, 1.54) is 6.20 Å². The number of benzene rings is 3. The Hall–Kier alpha value is -4.36. The van der Waals surface area contributed by atoms with Gasteiger partial charge in [0.25, 0.3) is 5.91 Å². The maximum atomic E-state index is 15.9. The smallest absolute Gasteiger partial charge is 0.256 e. The van der Waals surface area contributed by atoms with Crippen LogP contribution in [-0.4, -0.2) is 98.4 Å². The molecule has 2 saturated heterocycles. The van der Waals surface area contributed by atoms with Crippen LogP contribution in [0.4, 0.5) is 10.1 Å². The van der Waals surface area contributed by atoms with Crippen LogP contribution in [0.3, 0.4) is 0 Å². The van der Waals surface area contributed by atoms with Crippen molar-refractivity contribution in [1.82, 2.24) is 19.7 Å². The van der Waals surface area contributed by atoms with Gasteiger partial charge in [0.2, 0.25) is 11.3 Å². The maximum absolute atomic E-state index is 15.9. The van der Waals surface area contributed by atoms with Gasteiger partial charge in [-0.3, -0.25) is 24.2 Å². The lowest BCUT2D eigenvalue weighted by Crippen LogP contribution is -2.38. The van der Waals surface area contributed by atoms with E-state index >= 15 is 4.39 Å². The molecule has 7 rings (SSSR count). The quantitative estimate of drug-likeness (QED) is 0.238. The molecular weight excluding hydrogens is 593 g/mol. The number of amides is 2. The highest BCUT2D eigenvalue weighted by molar-refractivity contribution is 6.04. The number of carbonyl (C=O) groups excluding carboxylic acids is 2. The van der Waals surface area contributed by atoms with E-state index in [0.717, 1.165) is 49.6 Å². The lowest BCUT2D eigenvalue weighted by Gasteiger charge is -2.27. The lowest BCUT2D eigenvalue weighted by molar-refractivity contribution is -0.116. The van der Waals surface area contributed by atoms with Crippen molar-refractivity contribution in [3.8, 4) is 17.2 Å². The van der Waals surface area contributed by atoms with Gasteiger partial charge in [-0.1, -0.05) is 24.3 Å². The zero-order chi connectivity index (χ0) is 31.6. The summed E-state index contributed by atoms with van der Waals surface area (Å²) < 4.78 is 34.6. The topological polar surface area (TPSA) is 114 Å². The van der Waals surface area contributed by atoms with Crippen molar-refractivity contribution in [3.05, 3.63) is 70.3 Å². The zero-order valence-electron chi connectivity index (χ0n) is 25.5. The predicted octanol–water partition coefficient (Wildman–Crippen LogP) is 3.50. The van der Waals surface area contributed by atoms with Crippen LogP contribution >= 0.6 is 0 Å². The molecule has 2 N–H and O–H groups in total. The molecule has 0 atom stereocenters. The molecule has 240 valence electrons. The Bertz CT molecular complexity index is 1870. The Morgan fingerprint density at radius 2 is 1.57 bits per heavy atom. The highest BCUT2D eigenvalue weighted by Crippen LogP contribution is 2.46. The minimum absolute atomic E-state index is 0.0152. The summed E-state index contributed by atoms with van der Waals surface area (Å²) in [6, 6.07) is 12.5. The molecule has 2 amide bonds. The zero-order valence-corrected chi connectivity index (χ0v) is 25.5. The van der Waals surface area contributed by atoms with Crippen molar-refractivity contribution in [2.75, 3.05) is 77.6 Å². The number of aromatic nitrogens is 1. The molecule has 4 aromatic rings. The van der Waals surface area contributed by atoms with E-state index in [2.05, 4.69) is 20.4 Å². The molecule has 3 aliphatic rings. The van der Waals surface area contributed by atoms with Gasteiger partial charge in [0.05, 0.1) is 37.5 Å². The van der Waals surface area contributed by atoms with Gasteiger partial charge in [-0.25, -0.2) is 4.39 Å². The van der Waals surface area contributed by atoms with Crippen LogP contribution in [-0.2, 0) is 14.3 Å². The van der Waals surface area contributed by atoms with Gasteiger partial charge in [-0.05, 0) is 41.9 Å². The van der Waals surface area contributed by atoms with E-state index in [1.807, 2.05) is 36.4 Å². The molecule has 1 aromatic heterocycles. The van der Waals surface area contributed by atoms with E-state index in [4.69, 9.17) is 14.2 Å². The molecule has 2 fully saturated rings. The van der Waals surface area contributed by atoms with Crippen LogP contribution in [0.15, 0.2) is 53.5 Å². The monoisotopic (exact) mass is 629 g/mol. The predicted molar refractivity (Wildman–Crippen MR) is 172 cm³/mol. The van der Waals surface area contributed by atoms with Gasteiger partial charge >= 0.3 is 0 Å². The number of nitrogens with one attached hydrogen (secondary N) is 2. The van der Waals surface area contributed by atoms with Crippen molar-refractivity contribution in [1.29, 1.82) is 0 Å². The van der Waals surface area contributed by atoms with Crippen molar-refractivity contribution in [3.63, 3.8) is 0 Å². The fourth-order valence-corrected chi connectivity index (χ4v) is 6.29. The summed E-state index contributed by atoms with van der Waals surface area (Å²) in [5.74, 6) is -1.31. The second kappa shape index (κ2) is 13.2. The van der Waals surface area contributed by atoms with Crippen molar-refractivity contribution in [2.45, 2.75) is 12.8 Å². The number of carbonyl (C=O) groups is 2. The van der Waals surface area contributed by atoms with Crippen molar-refractivity contribution >= 4 is 39.2 Å². The van der Waals surface area contributed by atoms with Gasteiger partial charge in [0.15, 0.2) is 17.3 Å². The summed E-state index contributed by atoms with van der Waals surface area (Å²) in [6.07, 6.45) is 2.35. The largest absolute Gasteiger partial charge is 0.451 e. The molecule has 46 heavy (non-hydrogen) atoms. The third-order valence-corrected chi connectivity index (χ3v) is 8.80. The Morgan fingerprint density at radius 1 is 0.891 bits per heavy atom. The third-order valence-electron chi connectivity index (χ3n) is 8.80. The minimum atomic E-state index is -0.821. The molecule has 11 nitrogen and oxygen atoms in total.